The van der Waals surface area contributed by atoms with E-state index in [9.17, 15) is 0 Å². The molecule has 0 aromatic carbocycles. The van der Waals surface area contributed by atoms with E-state index < -0.39 is 0 Å². The van der Waals surface area contributed by atoms with E-state index in [1.54, 1.807) is 0 Å². The fraction of sp³-hybridized carbons (Fsp3) is 0.600. The molecular formula is C5H10Y3-2. The van der Waals surface area contributed by atoms with E-state index in [-0.39, 0.29) is 98.1 Å². The Bertz CT molecular complexity index is 15.1. The molecule has 0 saturated heterocycles. The molecule has 0 saturated carbocycles. The van der Waals surface area contributed by atoms with Crippen molar-refractivity contribution in [3.05, 3.63) is 12.8 Å². The quantitative estimate of drug-likeness (QED) is 0.675. The zero-order valence-electron chi connectivity index (χ0n) is 5.59. The summed E-state index contributed by atoms with van der Waals surface area (Å²) in [5.74, 6) is 0. The van der Waals surface area contributed by atoms with Crippen molar-refractivity contribution in [1.82, 2.24) is 0 Å². The molecule has 0 rings (SSSR count). The van der Waals surface area contributed by atoms with Gasteiger partial charge in [-0.05, 0) is 0 Å². The van der Waals surface area contributed by atoms with Gasteiger partial charge in [0.2, 0.25) is 0 Å². The van der Waals surface area contributed by atoms with Gasteiger partial charge in [-0.2, -0.15) is 13.8 Å². The molecule has 41 valence electrons. The van der Waals surface area contributed by atoms with Gasteiger partial charge in [0.25, 0.3) is 0 Å². The van der Waals surface area contributed by atoms with Gasteiger partial charge in [0.1, 0.15) is 0 Å². The van der Waals surface area contributed by atoms with E-state index >= 15 is 0 Å². The van der Waals surface area contributed by atoms with Gasteiger partial charge in [-0.1, -0.05) is 0 Å². The molecule has 0 aromatic heterocycles. The van der Waals surface area contributed by atoms with Crippen LogP contribution in [0.1, 0.15) is 20.3 Å². The van der Waals surface area contributed by atoms with E-state index in [0.717, 1.165) is 6.42 Å². The molecule has 0 aliphatic heterocycles. The fourth-order valence-corrected chi connectivity index (χ4v) is 0.236. The molecule has 0 heterocycles. The normalized spacial score (nSPS) is 5.25. The Labute approximate surface area is 128 Å². The molecule has 0 N–H and O–H groups in total. The number of rotatable bonds is 2. The van der Waals surface area contributed by atoms with Crippen LogP contribution in [-0.4, -0.2) is 0 Å². The summed E-state index contributed by atoms with van der Waals surface area (Å²) in [6.45, 7) is 4.11. The van der Waals surface area contributed by atoms with Crippen molar-refractivity contribution in [2.24, 2.45) is 0 Å². The smallest absolute Gasteiger partial charge is 0 e. The summed E-state index contributed by atoms with van der Waals surface area (Å²) in [6.07, 6.45) is 5.39. The molecule has 0 aromatic rings. The van der Waals surface area contributed by atoms with Gasteiger partial charge in [0.05, 0.1) is 0 Å². The predicted molar refractivity (Wildman–Crippen MR) is 24.6 cm³/mol. The van der Waals surface area contributed by atoms with Gasteiger partial charge in [-0.3, -0.25) is 0 Å². The third-order valence-corrected chi connectivity index (χ3v) is 0.471. The van der Waals surface area contributed by atoms with Crippen molar-refractivity contribution in [2.45, 2.75) is 20.3 Å². The van der Waals surface area contributed by atoms with Crippen LogP contribution in [0.15, 0.2) is 0 Å². The summed E-state index contributed by atoms with van der Waals surface area (Å²) in [5, 5.41) is 0. The van der Waals surface area contributed by atoms with Crippen molar-refractivity contribution >= 4 is 0 Å². The topological polar surface area (TPSA) is 0 Å². The van der Waals surface area contributed by atoms with Crippen LogP contribution in [0.5, 0.6) is 0 Å². The van der Waals surface area contributed by atoms with Crippen molar-refractivity contribution in [2.75, 3.05) is 0 Å². The Balaban J connectivity index is -0.0000000267. The summed E-state index contributed by atoms with van der Waals surface area (Å²) in [7, 11) is 0. The molecule has 0 aliphatic carbocycles. The zero-order chi connectivity index (χ0) is 4.12. The second-order valence-electron chi connectivity index (χ2n) is 1.05. The third kappa shape index (κ3) is 22.8. The average molecular weight is 337 g/mol. The largest absolute Gasteiger partial charge is 0.360 e. The summed E-state index contributed by atoms with van der Waals surface area (Å²) >= 11 is 0. The Kier molecular flexibility index (Phi) is 63.1. The molecule has 0 unspecified atom stereocenters. The molecule has 3 heteroatoms. The van der Waals surface area contributed by atoms with Crippen LogP contribution in [0.2, 0.25) is 0 Å². The van der Waals surface area contributed by atoms with E-state index in [0.29, 0.717) is 0 Å². The maximum atomic E-state index is 2.12. The Morgan fingerprint density at radius 3 is 1.12 bits per heavy atom. The fourth-order valence-electron chi connectivity index (χ4n) is 0.236. The van der Waals surface area contributed by atoms with Crippen molar-refractivity contribution in [3.63, 3.8) is 0 Å². The molecule has 0 nitrogen and oxygen atoms in total. The summed E-state index contributed by atoms with van der Waals surface area (Å²) in [4.78, 5) is 0. The van der Waals surface area contributed by atoms with Crippen LogP contribution < -0.4 is 0 Å². The van der Waals surface area contributed by atoms with E-state index in [2.05, 4.69) is 26.7 Å². The van der Waals surface area contributed by atoms with Crippen LogP contribution in [-0.2, 0) is 98.1 Å². The SMILES string of the molecule is C[CH-]C[CH-]C.[Y].[Y].[Y]. The Hall–Kier alpha value is 3.31. The van der Waals surface area contributed by atoms with Crippen molar-refractivity contribution in [3.8, 4) is 0 Å². The van der Waals surface area contributed by atoms with Crippen molar-refractivity contribution < 1.29 is 98.1 Å². The average Bonchev–Trinajstić information content (AvgIpc) is 1.41. The van der Waals surface area contributed by atoms with Gasteiger partial charge in [0, 0.05) is 98.1 Å². The molecule has 0 amide bonds. The number of unbranched alkanes of at least 4 members (excludes halogenated alkanes) is 2. The first-order valence-corrected chi connectivity index (χ1v) is 1.97. The summed E-state index contributed by atoms with van der Waals surface area (Å²) < 4.78 is 0. The number of hydrogen-bond donors (Lipinski definition) is 0. The molecular weight excluding hydrogens is 327 g/mol. The minimum Gasteiger partial charge on any atom is -0.360 e. The van der Waals surface area contributed by atoms with E-state index in [1.165, 1.54) is 0 Å². The molecule has 3 radical (unpaired) electrons. The third-order valence-electron chi connectivity index (χ3n) is 0.471. The van der Waals surface area contributed by atoms with Gasteiger partial charge in [-0.25, -0.2) is 0 Å². The predicted octanol–water partition coefficient (Wildman–Crippen LogP) is 1.82. The van der Waals surface area contributed by atoms with Gasteiger partial charge in [0.15, 0.2) is 0 Å². The molecule has 0 bridgehead atoms. The van der Waals surface area contributed by atoms with E-state index in [4.69, 9.17) is 0 Å². The van der Waals surface area contributed by atoms with Gasteiger partial charge in [-0.15, -0.1) is 0 Å². The summed E-state index contributed by atoms with van der Waals surface area (Å²) in [5.41, 5.74) is 0. The van der Waals surface area contributed by atoms with Crippen LogP contribution in [0, 0.1) is 12.8 Å². The maximum absolute atomic E-state index is 2.12. The zero-order valence-corrected chi connectivity index (χ0v) is 14.1. The van der Waals surface area contributed by atoms with Gasteiger partial charge >= 0.3 is 0 Å². The number of hydrogen-bond acceptors (Lipinski definition) is 0. The van der Waals surface area contributed by atoms with Crippen LogP contribution in [0.25, 0.3) is 0 Å². The molecule has 0 fully saturated rings. The Morgan fingerprint density at radius 2 is 1.12 bits per heavy atom. The minimum absolute atomic E-state index is 0. The first-order chi connectivity index (χ1) is 2.41. The molecule has 0 spiro atoms. The molecule has 0 atom stereocenters. The van der Waals surface area contributed by atoms with Crippen LogP contribution in [0.4, 0.5) is 0 Å². The van der Waals surface area contributed by atoms with Crippen molar-refractivity contribution in [1.29, 1.82) is 0 Å². The molecule has 8 heavy (non-hydrogen) atoms. The van der Waals surface area contributed by atoms with E-state index in [1.807, 2.05) is 0 Å². The van der Waals surface area contributed by atoms with Gasteiger partial charge < -0.3 is 19.3 Å². The monoisotopic (exact) mass is 337 g/mol. The Morgan fingerprint density at radius 1 is 0.875 bits per heavy atom. The second-order valence-corrected chi connectivity index (χ2v) is 1.05. The second kappa shape index (κ2) is 22.4. The first-order valence-electron chi connectivity index (χ1n) is 1.97. The maximum Gasteiger partial charge on any atom is 0 e. The van der Waals surface area contributed by atoms with Crippen LogP contribution >= 0.6 is 0 Å². The minimum atomic E-state index is 0. The first kappa shape index (κ1) is 22.5. The molecule has 0 aliphatic rings. The summed E-state index contributed by atoms with van der Waals surface area (Å²) in [6, 6.07) is 0. The standard InChI is InChI=1S/C5H10.3Y/c1-3-5-4-2;;;/h3-4H,5H2,1-2H3;;;/q-2;;;. The van der Waals surface area contributed by atoms with Crippen LogP contribution in [0.3, 0.4) is 0 Å².